The first-order valence-electron chi connectivity index (χ1n) is 4.49. The summed E-state index contributed by atoms with van der Waals surface area (Å²) in [6.45, 7) is 0. The fourth-order valence-corrected chi connectivity index (χ4v) is 4.46. The number of halogens is 1. The Kier molecular flexibility index (Phi) is 3.41. The minimum Gasteiger partial charge on any atom is -0.481 e. The number of carboxylic acids is 1. The maximum absolute atomic E-state index is 10.8. The SMILES string of the molecule is O=Cc1sc(Br)c2cc(CCC(=O)O)sc12. The number of rotatable bonds is 4. The third kappa shape index (κ3) is 2.18. The summed E-state index contributed by atoms with van der Waals surface area (Å²) in [6, 6.07) is 1.95. The Morgan fingerprint density at radius 3 is 2.88 bits per heavy atom. The van der Waals surface area contributed by atoms with Crippen LogP contribution in [0, 0.1) is 0 Å². The number of fused-ring (bicyclic) bond motifs is 1. The Hall–Kier alpha value is -0.720. The lowest BCUT2D eigenvalue weighted by Crippen LogP contribution is -1.95. The Morgan fingerprint density at radius 2 is 2.25 bits per heavy atom. The number of aliphatic carboxylic acids is 1. The second-order valence-corrected chi connectivity index (χ2v) is 6.71. The molecule has 1 N–H and O–H groups in total. The maximum Gasteiger partial charge on any atom is 0.303 e. The first-order chi connectivity index (χ1) is 7.61. The number of carbonyl (C=O) groups excluding carboxylic acids is 1. The first-order valence-corrected chi connectivity index (χ1v) is 6.92. The van der Waals surface area contributed by atoms with E-state index in [1.165, 1.54) is 22.7 Å². The average Bonchev–Trinajstić information content (AvgIpc) is 2.76. The predicted octanol–water partition coefficient (Wildman–Crippen LogP) is 3.56. The standard InChI is InChI=1S/C10H7BrO3S2/c11-10-6-3-5(1-2-8(13)14)15-9(6)7(4-12)16-10/h3-4H,1-2H2,(H,13,14). The first kappa shape index (κ1) is 11.8. The molecule has 0 amide bonds. The van der Waals surface area contributed by atoms with Gasteiger partial charge in [-0.3, -0.25) is 9.59 Å². The van der Waals surface area contributed by atoms with E-state index < -0.39 is 5.97 Å². The largest absolute Gasteiger partial charge is 0.481 e. The van der Waals surface area contributed by atoms with Crippen LogP contribution in [0.4, 0.5) is 0 Å². The van der Waals surface area contributed by atoms with Gasteiger partial charge in [0.1, 0.15) is 0 Å². The Bertz CT molecular complexity index is 556. The Morgan fingerprint density at radius 1 is 1.50 bits per heavy atom. The number of carboxylic acid groups (broad SMARTS) is 1. The van der Waals surface area contributed by atoms with Gasteiger partial charge in [-0.05, 0) is 28.4 Å². The van der Waals surface area contributed by atoms with Crippen molar-refractivity contribution in [1.29, 1.82) is 0 Å². The summed E-state index contributed by atoms with van der Waals surface area (Å²) >= 11 is 6.31. The van der Waals surface area contributed by atoms with Gasteiger partial charge in [0.25, 0.3) is 0 Å². The molecule has 0 aliphatic rings. The van der Waals surface area contributed by atoms with Gasteiger partial charge in [0.15, 0.2) is 6.29 Å². The van der Waals surface area contributed by atoms with E-state index in [4.69, 9.17) is 5.11 Å². The van der Waals surface area contributed by atoms with Gasteiger partial charge in [0, 0.05) is 10.3 Å². The molecule has 3 nitrogen and oxygen atoms in total. The number of hydrogen-bond acceptors (Lipinski definition) is 4. The highest BCUT2D eigenvalue weighted by Crippen LogP contribution is 2.40. The highest BCUT2D eigenvalue weighted by molar-refractivity contribution is 9.11. The third-order valence-electron chi connectivity index (χ3n) is 2.11. The summed E-state index contributed by atoms with van der Waals surface area (Å²) in [5, 5.41) is 9.61. The van der Waals surface area contributed by atoms with Crippen molar-refractivity contribution in [2.45, 2.75) is 12.8 Å². The second-order valence-electron chi connectivity index (χ2n) is 3.21. The van der Waals surface area contributed by atoms with Gasteiger partial charge >= 0.3 is 5.97 Å². The predicted molar refractivity (Wildman–Crippen MR) is 68.7 cm³/mol. The molecule has 2 heterocycles. The van der Waals surface area contributed by atoms with Crippen molar-refractivity contribution in [3.8, 4) is 0 Å². The lowest BCUT2D eigenvalue weighted by molar-refractivity contribution is -0.136. The van der Waals surface area contributed by atoms with Crippen molar-refractivity contribution in [1.82, 2.24) is 0 Å². The lowest BCUT2D eigenvalue weighted by Gasteiger charge is -1.91. The molecular weight excluding hydrogens is 312 g/mol. The molecule has 0 saturated heterocycles. The normalized spacial score (nSPS) is 10.8. The molecule has 16 heavy (non-hydrogen) atoms. The van der Waals surface area contributed by atoms with Gasteiger partial charge in [0.05, 0.1) is 19.8 Å². The topological polar surface area (TPSA) is 54.4 Å². The fraction of sp³-hybridized carbons (Fsp3) is 0.200. The smallest absolute Gasteiger partial charge is 0.303 e. The zero-order valence-corrected chi connectivity index (χ0v) is 11.2. The third-order valence-corrected chi connectivity index (χ3v) is 5.30. The molecule has 0 spiro atoms. The minimum absolute atomic E-state index is 0.126. The summed E-state index contributed by atoms with van der Waals surface area (Å²) in [7, 11) is 0. The van der Waals surface area contributed by atoms with Crippen molar-refractivity contribution in [2.24, 2.45) is 0 Å². The molecule has 0 aromatic carbocycles. The van der Waals surface area contributed by atoms with Crippen LogP contribution < -0.4 is 0 Å². The molecule has 84 valence electrons. The van der Waals surface area contributed by atoms with Gasteiger partial charge in [-0.25, -0.2) is 0 Å². The van der Waals surface area contributed by atoms with Crippen LogP contribution in [-0.4, -0.2) is 17.4 Å². The Balaban J connectivity index is 2.36. The molecule has 0 bridgehead atoms. The van der Waals surface area contributed by atoms with Crippen LogP contribution in [0.15, 0.2) is 9.85 Å². The molecular formula is C10H7BrO3S2. The summed E-state index contributed by atoms with van der Waals surface area (Å²) in [5.41, 5.74) is 0. The van der Waals surface area contributed by atoms with Crippen LogP contribution in [0.25, 0.3) is 10.1 Å². The zero-order valence-electron chi connectivity index (χ0n) is 8.03. The van der Waals surface area contributed by atoms with Gasteiger partial charge in [-0.2, -0.15) is 0 Å². The van der Waals surface area contributed by atoms with E-state index in [9.17, 15) is 9.59 Å². The van der Waals surface area contributed by atoms with E-state index >= 15 is 0 Å². The number of carbonyl (C=O) groups is 2. The number of aldehydes is 1. The molecule has 6 heteroatoms. The van der Waals surface area contributed by atoms with E-state index in [0.717, 1.165) is 25.0 Å². The van der Waals surface area contributed by atoms with Crippen molar-refractivity contribution < 1.29 is 14.7 Å². The minimum atomic E-state index is -0.800. The lowest BCUT2D eigenvalue weighted by atomic mass is 10.2. The molecule has 2 aromatic heterocycles. The number of hydrogen-bond donors (Lipinski definition) is 1. The monoisotopic (exact) mass is 318 g/mol. The second kappa shape index (κ2) is 4.65. The van der Waals surface area contributed by atoms with E-state index in [2.05, 4.69) is 15.9 Å². The quantitative estimate of drug-likeness (QED) is 0.877. The van der Waals surface area contributed by atoms with Crippen molar-refractivity contribution in [2.75, 3.05) is 0 Å². The van der Waals surface area contributed by atoms with E-state index in [1.54, 1.807) is 0 Å². The van der Waals surface area contributed by atoms with Gasteiger partial charge in [0.2, 0.25) is 0 Å². The van der Waals surface area contributed by atoms with Crippen LogP contribution in [0.2, 0.25) is 0 Å². The van der Waals surface area contributed by atoms with Crippen LogP contribution >= 0.6 is 38.6 Å². The maximum atomic E-state index is 10.8. The summed E-state index contributed by atoms with van der Waals surface area (Å²) in [4.78, 5) is 23.0. The van der Waals surface area contributed by atoms with E-state index in [-0.39, 0.29) is 6.42 Å². The van der Waals surface area contributed by atoms with Gasteiger partial charge < -0.3 is 5.11 Å². The summed E-state index contributed by atoms with van der Waals surface area (Å²) in [6.07, 6.45) is 1.49. The molecule has 0 atom stereocenters. The van der Waals surface area contributed by atoms with Crippen molar-refractivity contribution >= 4 is 60.9 Å². The van der Waals surface area contributed by atoms with Crippen molar-refractivity contribution in [3.63, 3.8) is 0 Å². The Labute approximate surface area is 108 Å². The van der Waals surface area contributed by atoms with Gasteiger partial charge in [-0.15, -0.1) is 22.7 Å². The number of thiophene rings is 2. The van der Waals surface area contributed by atoms with E-state index in [0.29, 0.717) is 11.3 Å². The molecule has 0 aliphatic carbocycles. The molecule has 0 unspecified atom stereocenters. The van der Waals surface area contributed by atoms with Crippen LogP contribution in [0.5, 0.6) is 0 Å². The summed E-state index contributed by atoms with van der Waals surface area (Å²) in [5.74, 6) is -0.800. The highest BCUT2D eigenvalue weighted by Gasteiger charge is 2.13. The molecule has 0 saturated carbocycles. The van der Waals surface area contributed by atoms with Gasteiger partial charge in [-0.1, -0.05) is 0 Å². The van der Waals surface area contributed by atoms with E-state index in [1.807, 2.05) is 6.07 Å². The van der Waals surface area contributed by atoms with Crippen LogP contribution in [0.3, 0.4) is 0 Å². The fourth-order valence-electron chi connectivity index (χ4n) is 1.40. The molecule has 0 aliphatic heterocycles. The van der Waals surface area contributed by atoms with Crippen LogP contribution in [0.1, 0.15) is 21.0 Å². The average molecular weight is 319 g/mol. The molecule has 0 radical (unpaired) electrons. The van der Waals surface area contributed by atoms with Crippen molar-refractivity contribution in [3.05, 3.63) is 19.6 Å². The molecule has 2 aromatic rings. The van der Waals surface area contributed by atoms with Crippen LogP contribution in [-0.2, 0) is 11.2 Å². The number of aryl methyl sites for hydroxylation is 1. The zero-order chi connectivity index (χ0) is 11.7. The molecule has 2 rings (SSSR count). The molecule has 0 fully saturated rings. The highest BCUT2D eigenvalue weighted by atomic mass is 79.9. The summed E-state index contributed by atoms with van der Waals surface area (Å²) < 4.78 is 1.88.